The first kappa shape index (κ1) is 20.1. The molecule has 5 heteroatoms. The number of carbonyl (C=O) groups is 2. The monoisotopic (exact) mass is 420 g/mol. The Morgan fingerprint density at radius 1 is 0.935 bits per heavy atom. The van der Waals surface area contributed by atoms with Crippen molar-refractivity contribution in [2.24, 2.45) is 11.8 Å². The Labute approximate surface area is 182 Å². The van der Waals surface area contributed by atoms with Crippen molar-refractivity contribution in [2.75, 3.05) is 0 Å². The second-order valence-electron chi connectivity index (χ2n) is 8.95. The normalized spacial score (nSPS) is 26.5. The largest absolute Gasteiger partial charge is 0.493 e. The molecule has 5 nitrogen and oxygen atoms in total. The van der Waals surface area contributed by atoms with E-state index in [1.165, 1.54) is 12.7 Å². The summed E-state index contributed by atoms with van der Waals surface area (Å²) < 4.78 is 17.6. The van der Waals surface area contributed by atoms with Crippen LogP contribution in [0.4, 0.5) is 0 Å². The minimum atomic E-state index is -0.255. The summed E-state index contributed by atoms with van der Waals surface area (Å²) in [7, 11) is 0. The number of fused-ring (bicyclic) bond motifs is 2. The molecule has 3 atom stereocenters. The lowest BCUT2D eigenvalue weighted by molar-refractivity contribution is -0.160. The predicted octanol–water partition coefficient (Wildman–Crippen LogP) is 5.32. The average molecular weight is 421 g/mol. The fourth-order valence-corrected chi connectivity index (χ4v) is 5.07. The summed E-state index contributed by atoms with van der Waals surface area (Å²) in [5, 5.41) is 2.18. The number of ketones is 1. The van der Waals surface area contributed by atoms with Crippen molar-refractivity contribution in [3.8, 4) is 5.75 Å². The van der Waals surface area contributed by atoms with Crippen LogP contribution in [0.1, 0.15) is 51.4 Å². The van der Waals surface area contributed by atoms with Crippen molar-refractivity contribution < 1.29 is 23.8 Å². The summed E-state index contributed by atoms with van der Waals surface area (Å²) in [6, 6.07) is 13.8. The molecule has 0 radical (unpaired) electrons. The van der Waals surface area contributed by atoms with Gasteiger partial charge in [0.15, 0.2) is 0 Å². The third kappa shape index (κ3) is 4.32. The molecule has 5 rings (SSSR count). The molecule has 1 aliphatic heterocycles. The van der Waals surface area contributed by atoms with Crippen LogP contribution in [0, 0.1) is 11.8 Å². The van der Waals surface area contributed by atoms with Gasteiger partial charge in [-0.05, 0) is 48.6 Å². The zero-order valence-corrected chi connectivity index (χ0v) is 17.6. The Bertz CT molecular complexity index is 1000. The number of hydrogen-bond donors (Lipinski definition) is 0. The summed E-state index contributed by atoms with van der Waals surface area (Å²) in [4.78, 5) is 25.5. The first-order valence-electron chi connectivity index (χ1n) is 11.4. The molecule has 1 heterocycles. The number of carbonyl (C=O) groups excluding carboxylic acids is 2. The van der Waals surface area contributed by atoms with Gasteiger partial charge < -0.3 is 14.2 Å². The molecule has 3 aliphatic rings. The van der Waals surface area contributed by atoms with Crippen LogP contribution in [0.5, 0.6) is 5.75 Å². The molecule has 0 aromatic heterocycles. The zero-order valence-electron chi connectivity index (χ0n) is 17.6. The van der Waals surface area contributed by atoms with Crippen molar-refractivity contribution in [1.82, 2.24) is 0 Å². The van der Waals surface area contributed by atoms with Crippen molar-refractivity contribution in [1.29, 1.82) is 0 Å². The van der Waals surface area contributed by atoms with Crippen molar-refractivity contribution in [2.45, 2.75) is 63.6 Å². The lowest BCUT2D eigenvalue weighted by Crippen LogP contribution is -2.43. The second kappa shape index (κ2) is 8.74. The van der Waals surface area contributed by atoms with Crippen LogP contribution in [-0.2, 0) is 19.1 Å². The summed E-state index contributed by atoms with van der Waals surface area (Å²) in [6.45, 7) is 0. The maximum atomic E-state index is 13.0. The number of hydrogen-bond acceptors (Lipinski definition) is 5. The van der Waals surface area contributed by atoms with E-state index in [9.17, 15) is 9.59 Å². The fraction of sp³-hybridized carbons (Fsp3) is 0.462. The van der Waals surface area contributed by atoms with Gasteiger partial charge in [-0.2, -0.15) is 0 Å². The van der Waals surface area contributed by atoms with Crippen molar-refractivity contribution in [3.05, 3.63) is 54.5 Å². The zero-order chi connectivity index (χ0) is 21.2. The van der Waals surface area contributed by atoms with Gasteiger partial charge in [-0.1, -0.05) is 49.6 Å². The number of allylic oxidation sites excluding steroid dienone is 1. The predicted molar refractivity (Wildman–Crippen MR) is 116 cm³/mol. The van der Waals surface area contributed by atoms with Gasteiger partial charge in [-0.15, -0.1) is 0 Å². The van der Waals surface area contributed by atoms with E-state index in [-0.39, 0.29) is 41.6 Å². The van der Waals surface area contributed by atoms with E-state index in [1.54, 1.807) is 0 Å². The molecule has 0 spiro atoms. The van der Waals surface area contributed by atoms with Gasteiger partial charge in [0.25, 0.3) is 0 Å². The standard InChI is InChI=1S/C26H28O5/c27-25-22-13-12-21(31-26(28)18-7-2-1-3-8-18)15-23(22)29-16-24(25)30-20-11-10-17-6-4-5-9-19(17)14-20/h4-6,9-11,14,16,18,21-23H,1-3,7-8,12-13,15H2. The van der Waals surface area contributed by atoms with Gasteiger partial charge in [0, 0.05) is 6.42 Å². The Morgan fingerprint density at radius 3 is 2.58 bits per heavy atom. The highest BCUT2D eigenvalue weighted by atomic mass is 16.6. The minimum Gasteiger partial charge on any atom is -0.493 e. The van der Waals surface area contributed by atoms with Gasteiger partial charge >= 0.3 is 5.97 Å². The average Bonchev–Trinajstić information content (AvgIpc) is 2.81. The lowest BCUT2D eigenvalue weighted by atomic mass is 9.80. The molecular formula is C26H28O5. The number of rotatable bonds is 4. The van der Waals surface area contributed by atoms with E-state index in [1.807, 2.05) is 42.5 Å². The quantitative estimate of drug-likeness (QED) is 0.627. The van der Waals surface area contributed by atoms with Crippen LogP contribution >= 0.6 is 0 Å². The highest BCUT2D eigenvalue weighted by molar-refractivity contribution is 5.96. The summed E-state index contributed by atoms with van der Waals surface area (Å²) >= 11 is 0. The molecule has 2 aromatic carbocycles. The molecule has 0 saturated heterocycles. The first-order valence-corrected chi connectivity index (χ1v) is 11.4. The second-order valence-corrected chi connectivity index (χ2v) is 8.95. The Kier molecular flexibility index (Phi) is 5.66. The Morgan fingerprint density at radius 2 is 1.74 bits per heavy atom. The van der Waals surface area contributed by atoms with Gasteiger partial charge in [0.1, 0.15) is 24.2 Å². The highest BCUT2D eigenvalue weighted by Crippen LogP contribution is 2.36. The van der Waals surface area contributed by atoms with Gasteiger partial charge in [-0.3, -0.25) is 9.59 Å². The molecule has 2 saturated carbocycles. The van der Waals surface area contributed by atoms with E-state index in [0.717, 1.165) is 36.5 Å². The maximum absolute atomic E-state index is 13.0. The fourth-order valence-electron chi connectivity index (χ4n) is 5.07. The van der Waals surface area contributed by atoms with Crippen LogP contribution in [0.15, 0.2) is 54.5 Å². The molecule has 3 unspecified atom stereocenters. The van der Waals surface area contributed by atoms with E-state index in [2.05, 4.69) is 0 Å². The number of ether oxygens (including phenoxy) is 3. The summed E-state index contributed by atoms with van der Waals surface area (Å²) in [5.74, 6) is 0.569. The third-order valence-corrected chi connectivity index (χ3v) is 6.84. The molecule has 162 valence electrons. The van der Waals surface area contributed by atoms with Crippen LogP contribution in [-0.4, -0.2) is 24.0 Å². The first-order chi connectivity index (χ1) is 15.2. The molecule has 0 bridgehead atoms. The Balaban J connectivity index is 1.21. The highest BCUT2D eigenvalue weighted by Gasteiger charge is 2.42. The van der Waals surface area contributed by atoms with Crippen molar-refractivity contribution >= 4 is 22.5 Å². The smallest absolute Gasteiger partial charge is 0.309 e. The molecular weight excluding hydrogens is 392 g/mol. The van der Waals surface area contributed by atoms with Crippen LogP contribution < -0.4 is 4.74 Å². The number of benzene rings is 2. The molecule has 2 aliphatic carbocycles. The SMILES string of the molecule is O=C(OC1CCC2C(=O)C(Oc3ccc4ccccc4c3)=COC2C1)C1CCCCC1. The molecule has 0 N–H and O–H groups in total. The third-order valence-electron chi connectivity index (χ3n) is 6.84. The van der Waals surface area contributed by atoms with Crippen LogP contribution in [0.3, 0.4) is 0 Å². The summed E-state index contributed by atoms with van der Waals surface area (Å²) in [6.07, 6.45) is 8.21. The van der Waals surface area contributed by atoms with E-state index in [4.69, 9.17) is 14.2 Å². The van der Waals surface area contributed by atoms with E-state index < -0.39 is 0 Å². The molecule has 2 fully saturated rings. The topological polar surface area (TPSA) is 61.8 Å². The van der Waals surface area contributed by atoms with Gasteiger partial charge in [0.2, 0.25) is 11.5 Å². The van der Waals surface area contributed by atoms with E-state index >= 15 is 0 Å². The van der Waals surface area contributed by atoms with Crippen LogP contribution in [0.2, 0.25) is 0 Å². The molecule has 31 heavy (non-hydrogen) atoms. The van der Waals surface area contributed by atoms with Crippen LogP contribution in [0.25, 0.3) is 10.8 Å². The number of Topliss-reactive ketones (excluding diaryl/α,β-unsaturated/α-hetero) is 1. The molecule has 2 aromatic rings. The number of esters is 1. The van der Waals surface area contributed by atoms with E-state index in [0.29, 0.717) is 25.0 Å². The maximum Gasteiger partial charge on any atom is 0.309 e. The van der Waals surface area contributed by atoms with Gasteiger partial charge in [-0.25, -0.2) is 0 Å². The molecule has 0 amide bonds. The minimum absolute atomic E-state index is 0.0264. The van der Waals surface area contributed by atoms with Crippen molar-refractivity contribution in [3.63, 3.8) is 0 Å². The lowest BCUT2D eigenvalue weighted by Gasteiger charge is -2.37. The summed E-state index contributed by atoms with van der Waals surface area (Å²) in [5.41, 5.74) is 0. The van der Waals surface area contributed by atoms with Gasteiger partial charge in [0.05, 0.1) is 11.8 Å². The Hall–Kier alpha value is -2.82.